The van der Waals surface area contributed by atoms with E-state index in [1.54, 1.807) is 0 Å². The molecule has 0 unspecified atom stereocenters. The third-order valence-corrected chi connectivity index (χ3v) is 2.60. The van der Waals surface area contributed by atoms with E-state index in [9.17, 15) is 8.78 Å². The predicted molar refractivity (Wildman–Crippen MR) is 50.8 cm³/mol. The maximum atomic E-state index is 13.2. The zero-order valence-corrected chi connectivity index (χ0v) is 8.13. The molecule has 0 bridgehead atoms. The minimum absolute atomic E-state index is 0.320. The van der Waals surface area contributed by atoms with E-state index in [0.29, 0.717) is 18.2 Å². The van der Waals surface area contributed by atoms with Crippen molar-refractivity contribution in [1.29, 1.82) is 0 Å². The summed E-state index contributed by atoms with van der Waals surface area (Å²) in [6.07, 6.45) is 2.35. The van der Waals surface area contributed by atoms with Crippen LogP contribution >= 0.6 is 0 Å². The number of benzene rings is 1. The van der Waals surface area contributed by atoms with E-state index in [1.807, 2.05) is 7.05 Å². The summed E-state index contributed by atoms with van der Waals surface area (Å²) >= 11 is 0. The molecule has 1 nitrogen and oxygen atoms in total. The standard InChI is InChI=1S/C11H13F2N/c1-14(10-3-4-10)7-8-6-9(12)2-5-11(8)13/h2,5-6,10H,3-4,7H2,1H3. The average Bonchev–Trinajstić information content (AvgIpc) is 2.94. The highest BCUT2D eigenvalue weighted by molar-refractivity contribution is 5.18. The molecule has 3 heteroatoms. The smallest absolute Gasteiger partial charge is 0.127 e. The van der Waals surface area contributed by atoms with Crippen molar-refractivity contribution in [2.24, 2.45) is 0 Å². The van der Waals surface area contributed by atoms with Gasteiger partial charge >= 0.3 is 0 Å². The Balaban J connectivity index is 2.10. The van der Waals surface area contributed by atoms with Gasteiger partial charge in [0.25, 0.3) is 0 Å². The molecule has 0 amide bonds. The monoisotopic (exact) mass is 197 g/mol. The van der Waals surface area contributed by atoms with Crippen molar-refractivity contribution < 1.29 is 8.78 Å². The van der Waals surface area contributed by atoms with Gasteiger partial charge < -0.3 is 0 Å². The highest BCUT2D eigenvalue weighted by atomic mass is 19.1. The summed E-state index contributed by atoms with van der Waals surface area (Å²) < 4.78 is 26.0. The van der Waals surface area contributed by atoms with E-state index in [0.717, 1.165) is 6.07 Å². The van der Waals surface area contributed by atoms with Crippen LogP contribution in [0.2, 0.25) is 0 Å². The molecule has 14 heavy (non-hydrogen) atoms. The van der Waals surface area contributed by atoms with E-state index >= 15 is 0 Å². The van der Waals surface area contributed by atoms with Gasteiger partial charge in [0.2, 0.25) is 0 Å². The maximum Gasteiger partial charge on any atom is 0.127 e. The van der Waals surface area contributed by atoms with Crippen LogP contribution in [0.4, 0.5) is 8.78 Å². The summed E-state index contributed by atoms with van der Waals surface area (Å²) in [6.45, 7) is 0.494. The van der Waals surface area contributed by atoms with Gasteiger partial charge in [-0.2, -0.15) is 0 Å². The Bertz CT molecular complexity index is 334. The van der Waals surface area contributed by atoms with Gasteiger partial charge in [-0.1, -0.05) is 0 Å². The number of hydrogen-bond acceptors (Lipinski definition) is 1. The first kappa shape index (κ1) is 9.59. The zero-order valence-electron chi connectivity index (χ0n) is 8.13. The fraction of sp³-hybridized carbons (Fsp3) is 0.455. The topological polar surface area (TPSA) is 3.24 Å². The molecule has 1 aromatic carbocycles. The van der Waals surface area contributed by atoms with Crippen molar-refractivity contribution in [1.82, 2.24) is 4.90 Å². The van der Waals surface area contributed by atoms with Gasteiger partial charge in [-0.3, -0.25) is 4.90 Å². The Morgan fingerprint density at radius 2 is 2.07 bits per heavy atom. The lowest BCUT2D eigenvalue weighted by atomic mass is 10.2. The lowest BCUT2D eigenvalue weighted by Gasteiger charge is -2.15. The van der Waals surface area contributed by atoms with Crippen LogP contribution in [0.1, 0.15) is 18.4 Å². The van der Waals surface area contributed by atoms with Gasteiger partial charge in [0.15, 0.2) is 0 Å². The molecule has 1 aromatic rings. The van der Waals surface area contributed by atoms with Gasteiger partial charge in [-0.05, 0) is 38.1 Å². The molecule has 2 rings (SSSR count). The van der Waals surface area contributed by atoms with Crippen LogP contribution in [-0.2, 0) is 6.54 Å². The molecule has 0 saturated heterocycles. The first-order chi connectivity index (χ1) is 6.66. The van der Waals surface area contributed by atoms with Crippen molar-refractivity contribution in [2.75, 3.05) is 7.05 Å². The second kappa shape index (κ2) is 3.65. The summed E-state index contributed by atoms with van der Waals surface area (Å²) in [5.74, 6) is -0.690. The predicted octanol–water partition coefficient (Wildman–Crippen LogP) is 2.56. The molecule has 1 aliphatic carbocycles. The Labute approximate surface area is 82.3 Å². The zero-order chi connectivity index (χ0) is 10.1. The van der Waals surface area contributed by atoms with E-state index in [1.165, 1.54) is 25.0 Å². The quantitative estimate of drug-likeness (QED) is 0.719. The molecule has 0 atom stereocenters. The first-order valence-corrected chi connectivity index (χ1v) is 4.81. The molecular formula is C11H13F2N. The van der Waals surface area contributed by atoms with Gasteiger partial charge in [-0.25, -0.2) is 8.78 Å². The Hall–Kier alpha value is -0.960. The first-order valence-electron chi connectivity index (χ1n) is 4.81. The van der Waals surface area contributed by atoms with Crippen molar-refractivity contribution >= 4 is 0 Å². The highest BCUT2D eigenvalue weighted by Gasteiger charge is 2.26. The summed E-state index contributed by atoms with van der Waals surface area (Å²) in [5.41, 5.74) is 0.444. The van der Waals surface area contributed by atoms with Crippen LogP contribution in [-0.4, -0.2) is 18.0 Å². The van der Waals surface area contributed by atoms with Crippen molar-refractivity contribution in [3.63, 3.8) is 0 Å². The summed E-state index contributed by atoms with van der Waals surface area (Å²) in [5, 5.41) is 0. The molecule has 1 fully saturated rings. The van der Waals surface area contributed by atoms with Gasteiger partial charge in [0.1, 0.15) is 11.6 Å². The number of rotatable bonds is 3. The Morgan fingerprint density at radius 1 is 1.36 bits per heavy atom. The van der Waals surface area contributed by atoms with Crippen LogP contribution in [0, 0.1) is 11.6 Å². The third-order valence-electron chi connectivity index (χ3n) is 2.60. The van der Waals surface area contributed by atoms with Crippen LogP contribution in [0.25, 0.3) is 0 Å². The fourth-order valence-electron chi connectivity index (χ4n) is 1.58. The second-order valence-corrected chi connectivity index (χ2v) is 3.88. The van der Waals surface area contributed by atoms with Gasteiger partial charge in [0.05, 0.1) is 0 Å². The van der Waals surface area contributed by atoms with Crippen LogP contribution in [0.3, 0.4) is 0 Å². The molecule has 0 aliphatic heterocycles. The molecule has 0 radical (unpaired) electrons. The molecule has 1 saturated carbocycles. The Morgan fingerprint density at radius 3 is 2.71 bits per heavy atom. The van der Waals surface area contributed by atoms with Crippen LogP contribution < -0.4 is 0 Å². The molecule has 0 heterocycles. The normalized spacial score (nSPS) is 16.3. The van der Waals surface area contributed by atoms with Crippen LogP contribution in [0.5, 0.6) is 0 Å². The van der Waals surface area contributed by atoms with E-state index < -0.39 is 0 Å². The van der Waals surface area contributed by atoms with Crippen molar-refractivity contribution in [2.45, 2.75) is 25.4 Å². The lowest BCUT2D eigenvalue weighted by Crippen LogP contribution is -2.20. The number of hydrogen-bond donors (Lipinski definition) is 0. The molecular weight excluding hydrogens is 184 g/mol. The van der Waals surface area contributed by atoms with Gasteiger partial charge in [0, 0.05) is 18.2 Å². The minimum atomic E-state index is -0.370. The molecule has 76 valence electrons. The second-order valence-electron chi connectivity index (χ2n) is 3.88. The molecule has 0 N–H and O–H groups in total. The van der Waals surface area contributed by atoms with Crippen molar-refractivity contribution in [3.05, 3.63) is 35.4 Å². The number of nitrogens with zero attached hydrogens (tertiary/aromatic N) is 1. The fourth-order valence-corrected chi connectivity index (χ4v) is 1.58. The van der Waals surface area contributed by atoms with Crippen molar-refractivity contribution in [3.8, 4) is 0 Å². The van der Waals surface area contributed by atoms with E-state index in [4.69, 9.17) is 0 Å². The highest BCUT2D eigenvalue weighted by Crippen LogP contribution is 2.27. The third kappa shape index (κ3) is 2.10. The molecule has 0 spiro atoms. The summed E-state index contributed by atoms with van der Waals surface area (Å²) in [6, 6.07) is 4.17. The Kier molecular flexibility index (Phi) is 2.50. The summed E-state index contributed by atoms with van der Waals surface area (Å²) in [7, 11) is 1.95. The number of halogens is 2. The van der Waals surface area contributed by atoms with E-state index in [2.05, 4.69) is 4.90 Å². The molecule has 1 aliphatic rings. The largest absolute Gasteiger partial charge is 0.299 e. The van der Waals surface area contributed by atoms with E-state index in [-0.39, 0.29) is 11.6 Å². The average molecular weight is 197 g/mol. The lowest BCUT2D eigenvalue weighted by molar-refractivity contribution is 0.310. The SMILES string of the molecule is CN(Cc1cc(F)ccc1F)C1CC1. The van der Waals surface area contributed by atoms with Crippen LogP contribution in [0.15, 0.2) is 18.2 Å². The molecule has 0 aromatic heterocycles. The minimum Gasteiger partial charge on any atom is -0.299 e. The summed E-state index contributed by atoms with van der Waals surface area (Å²) in [4.78, 5) is 2.07. The van der Waals surface area contributed by atoms with Gasteiger partial charge in [-0.15, -0.1) is 0 Å². The maximum absolute atomic E-state index is 13.2.